The molecule has 3 rings (SSSR count). The molecule has 6 nitrogen and oxygen atoms in total. The van der Waals surface area contributed by atoms with Gasteiger partial charge in [-0.15, -0.1) is 0 Å². The maximum Gasteiger partial charge on any atom is 0.228 e. The zero-order valence-electron chi connectivity index (χ0n) is 16.5. The Morgan fingerprint density at radius 2 is 1.70 bits per heavy atom. The molecule has 146 valence electrons. The summed E-state index contributed by atoms with van der Waals surface area (Å²) in [5.74, 6) is 0.0476. The lowest BCUT2D eigenvalue weighted by Gasteiger charge is -2.37. The van der Waals surface area contributed by atoms with Crippen molar-refractivity contribution in [1.29, 1.82) is 0 Å². The highest BCUT2D eigenvalue weighted by Crippen LogP contribution is 2.28. The van der Waals surface area contributed by atoms with Gasteiger partial charge in [0.25, 0.3) is 0 Å². The van der Waals surface area contributed by atoms with Gasteiger partial charge in [0.05, 0.1) is 0 Å². The van der Waals surface area contributed by atoms with Crippen LogP contribution in [0.3, 0.4) is 0 Å². The summed E-state index contributed by atoms with van der Waals surface area (Å²) in [6.45, 7) is 8.06. The van der Waals surface area contributed by atoms with Crippen LogP contribution >= 0.6 is 0 Å². The van der Waals surface area contributed by atoms with Crippen molar-refractivity contribution in [2.45, 2.75) is 40.0 Å². The summed E-state index contributed by atoms with van der Waals surface area (Å²) < 4.78 is 0. The Labute approximate surface area is 160 Å². The van der Waals surface area contributed by atoms with Gasteiger partial charge in [0.15, 0.2) is 0 Å². The number of carbonyl (C=O) groups excluding carboxylic acids is 3. The van der Waals surface area contributed by atoms with E-state index in [1.807, 2.05) is 54.8 Å². The highest BCUT2D eigenvalue weighted by molar-refractivity contribution is 5.96. The van der Waals surface area contributed by atoms with Gasteiger partial charge in [-0.05, 0) is 24.5 Å². The molecular weight excluding hydrogens is 342 g/mol. The fourth-order valence-electron chi connectivity index (χ4n) is 3.74. The second-order valence-electron chi connectivity index (χ2n) is 8.51. The van der Waals surface area contributed by atoms with Gasteiger partial charge in [-0.3, -0.25) is 14.4 Å². The number of amides is 3. The first-order chi connectivity index (χ1) is 12.8. The number of nitrogens with one attached hydrogen (secondary N) is 1. The maximum atomic E-state index is 12.6. The minimum Gasteiger partial charge on any atom is -0.339 e. The van der Waals surface area contributed by atoms with E-state index in [0.29, 0.717) is 45.4 Å². The van der Waals surface area contributed by atoms with Gasteiger partial charge in [-0.25, -0.2) is 0 Å². The van der Waals surface area contributed by atoms with Crippen molar-refractivity contribution in [2.75, 3.05) is 31.5 Å². The quantitative estimate of drug-likeness (QED) is 0.886. The number of anilines is 1. The van der Waals surface area contributed by atoms with E-state index in [1.54, 1.807) is 0 Å². The predicted molar refractivity (Wildman–Crippen MR) is 104 cm³/mol. The van der Waals surface area contributed by atoms with E-state index in [9.17, 15) is 14.4 Å². The van der Waals surface area contributed by atoms with Crippen LogP contribution in [0.1, 0.15) is 39.2 Å². The van der Waals surface area contributed by atoms with Crippen LogP contribution < -0.4 is 5.32 Å². The molecule has 6 heteroatoms. The first-order valence-corrected chi connectivity index (χ1v) is 9.71. The van der Waals surface area contributed by atoms with Gasteiger partial charge in [-0.2, -0.15) is 0 Å². The molecule has 1 fully saturated rings. The zero-order chi connectivity index (χ0) is 19.6. The summed E-state index contributed by atoms with van der Waals surface area (Å²) in [5.41, 5.74) is 1.62. The topological polar surface area (TPSA) is 69.7 Å². The Morgan fingerprint density at radius 3 is 2.37 bits per heavy atom. The summed E-state index contributed by atoms with van der Waals surface area (Å²) in [5, 5.41) is 2.94. The minimum absolute atomic E-state index is 0.00194. The zero-order valence-corrected chi connectivity index (χ0v) is 16.5. The van der Waals surface area contributed by atoms with Crippen LogP contribution in [0.5, 0.6) is 0 Å². The molecule has 1 aromatic carbocycles. The number of carbonyl (C=O) groups is 3. The van der Waals surface area contributed by atoms with E-state index in [0.717, 1.165) is 11.3 Å². The molecule has 0 radical (unpaired) electrons. The highest BCUT2D eigenvalue weighted by atomic mass is 16.2. The fraction of sp³-hybridized carbons (Fsp3) is 0.571. The largest absolute Gasteiger partial charge is 0.339 e. The first-order valence-electron chi connectivity index (χ1n) is 9.71. The molecule has 1 N–H and O–H groups in total. The molecule has 1 unspecified atom stereocenters. The van der Waals surface area contributed by atoms with Crippen LogP contribution in [0.15, 0.2) is 24.3 Å². The average molecular weight is 371 g/mol. The Hall–Kier alpha value is -2.37. The normalized spacial score (nSPS) is 20.1. The molecule has 2 aliphatic rings. The third kappa shape index (κ3) is 4.49. The molecule has 2 aliphatic heterocycles. The van der Waals surface area contributed by atoms with Crippen molar-refractivity contribution in [3.8, 4) is 0 Å². The lowest BCUT2D eigenvalue weighted by Crippen LogP contribution is -2.53. The standard InChI is InChI=1S/C21H29N3O3/c1-21(2,3)20(27)24-12-10-23(11-13-24)18(25)9-8-16-14-15-6-4-5-7-17(15)22-19(16)26/h4-7,16H,8-14H2,1-3H3,(H,22,26). The number of para-hydroxylation sites is 1. The number of fused-ring (bicyclic) bond motifs is 1. The van der Waals surface area contributed by atoms with Crippen molar-refractivity contribution < 1.29 is 14.4 Å². The number of piperazine rings is 1. The van der Waals surface area contributed by atoms with Gasteiger partial charge in [0.2, 0.25) is 17.7 Å². The fourth-order valence-corrected chi connectivity index (χ4v) is 3.74. The molecule has 1 aromatic rings. The van der Waals surface area contributed by atoms with E-state index in [2.05, 4.69) is 5.32 Å². The third-order valence-electron chi connectivity index (χ3n) is 5.38. The molecule has 0 aromatic heterocycles. The number of hydrogen-bond acceptors (Lipinski definition) is 3. The average Bonchev–Trinajstić information content (AvgIpc) is 2.65. The van der Waals surface area contributed by atoms with Gasteiger partial charge in [0, 0.05) is 49.6 Å². The number of nitrogens with zero attached hydrogens (tertiary/aromatic N) is 2. The van der Waals surface area contributed by atoms with Crippen LogP contribution in [0.4, 0.5) is 5.69 Å². The van der Waals surface area contributed by atoms with E-state index in [1.165, 1.54) is 0 Å². The highest BCUT2D eigenvalue weighted by Gasteiger charge is 2.31. The third-order valence-corrected chi connectivity index (χ3v) is 5.38. The second-order valence-corrected chi connectivity index (χ2v) is 8.51. The SMILES string of the molecule is CC(C)(C)C(=O)N1CCN(C(=O)CCC2Cc3ccccc3NC2=O)CC1. The van der Waals surface area contributed by atoms with Crippen molar-refractivity contribution in [1.82, 2.24) is 9.80 Å². The van der Waals surface area contributed by atoms with Gasteiger partial charge >= 0.3 is 0 Å². The first kappa shape index (κ1) is 19.4. The Balaban J connectivity index is 1.48. The van der Waals surface area contributed by atoms with Crippen LogP contribution in [0.25, 0.3) is 0 Å². The van der Waals surface area contributed by atoms with Crippen LogP contribution in [0.2, 0.25) is 0 Å². The molecule has 0 saturated carbocycles. The van der Waals surface area contributed by atoms with Crippen molar-refractivity contribution in [2.24, 2.45) is 11.3 Å². The molecule has 0 aliphatic carbocycles. The molecule has 1 saturated heterocycles. The van der Waals surface area contributed by atoms with E-state index in [4.69, 9.17) is 0 Å². The number of rotatable bonds is 3. The van der Waals surface area contributed by atoms with E-state index < -0.39 is 5.41 Å². The Morgan fingerprint density at radius 1 is 1.07 bits per heavy atom. The summed E-state index contributed by atoms with van der Waals surface area (Å²) in [6.07, 6.45) is 1.61. The summed E-state index contributed by atoms with van der Waals surface area (Å²) in [6, 6.07) is 7.81. The smallest absolute Gasteiger partial charge is 0.228 e. The molecule has 0 spiro atoms. The molecule has 27 heavy (non-hydrogen) atoms. The van der Waals surface area contributed by atoms with Crippen molar-refractivity contribution in [3.63, 3.8) is 0 Å². The lowest BCUT2D eigenvalue weighted by atomic mass is 9.89. The molecular formula is C21H29N3O3. The van der Waals surface area contributed by atoms with E-state index in [-0.39, 0.29) is 23.6 Å². The summed E-state index contributed by atoms with van der Waals surface area (Å²) in [4.78, 5) is 40.8. The molecule has 3 amide bonds. The van der Waals surface area contributed by atoms with E-state index >= 15 is 0 Å². The summed E-state index contributed by atoms with van der Waals surface area (Å²) in [7, 11) is 0. The van der Waals surface area contributed by atoms with Crippen molar-refractivity contribution in [3.05, 3.63) is 29.8 Å². The van der Waals surface area contributed by atoms with Gasteiger partial charge < -0.3 is 15.1 Å². The summed E-state index contributed by atoms with van der Waals surface area (Å²) >= 11 is 0. The molecule has 1 atom stereocenters. The number of hydrogen-bond donors (Lipinski definition) is 1. The van der Waals surface area contributed by atoms with Crippen molar-refractivity contribution >= 4 is 23.4 Å². The second kappa shape index (κ2) is 7.71. The van der Waals surface area contributed by atoms with Gasteiger partial charge in [-0.1, -0.05) is 39.0 Å². The maximum absolute atomic E-state index is 12.6. The van der Waals surface area contributed by atoms with Crippen LogP contribution in [-0.2, 0) is 20.8 Å². The van der Waals surface area contributed by atoms with Crippen LogP contribution in [0, 0.1) is 11.3 Å². The van der Waals surface area contributed by atoms with Crippen LogP contribution in [-0.4, -0.2) is 53.7 Å². The predicted octanol–water partition coefficient (Wildman–Crippen LogP) is 2.29. The Bertz CT molecular complexity index is 730. The minimum atomic E-state index is -0.392. The lowest BCUT2D eigenvalue weighted by molar-refractivity contribution is -0.145. The molecule has 2 heterocycles. The molecule has 0 bridgehead atoms. The van der Waals surface area contributed by atoms with Gasteiger partial charge in [0.1, 0.15) is 0 Å². The Kier molecular flexibility index (Phi) is 5.53. The monoisotopic (exact) mass is 371 g/mol. The number of benzene rings is 1.